The molecule has 0 saturated heterocycles. The molecular formula is C20H34N2O3. The minimum Gasteiger partial charge on any atom is -0.444 e. The number of hydrogen-bond donors (Lipinski definition) is 2. The van der Waals surface area contributed by atoms with E-state index in [9.17, 15) is 4.79 Å². The standard InChI is InChI=1S/C20H34N2O3/c1-15(2)12-17(13-21-19(23)25-20(3,4)5)22-18(14-24-6)16-10-8-7-9-11-16/h7-11,15,17-18,22H,12-14H2,1-6H3,(H,21,23). The fraction of sp³-hybridized carbons (Fsp3) is 0.650. The zero-order valence-corrected chi connectivity index (χ0v) is 16.5. The van der Waals surface area contributed by atoms with Gasteiger partial charge in [0, 0.05) is 19.7 Å². The van der Waals surface area contributed by atoms with Crippen LogP contribution in [0.3, 0.4) is 0 Å². The topological polar surface area (TPSA) is 59.6 Å². The van der Waals surface area contributed by atoms with Crippen molar-refractivity contribution in [1.82, 2.24) is 10.6 Å². The molecule has 25 heavy (non-hydrogen) atoms. The maximum absolute atomic E-state index is 11.9. The highest BCUT2D eigenvalue weighted by Crippen LogP contribution is 2.16. The van der Waals surface area contributed by atoms with Crippen molar-refractivity contribution in [3.05, 3.63) is 35.9 Å². The third-order valence-electron chi connectivity index (χ3n) is 3.62. The van der Waals surface area contributed by atoms with E-state index in [1.54, 1.807) is 7.11 Å². The number of alkyl carbamates (subject to hydrolysis) is 1. The summed E-state index contributed by atoms with van der Waals surface area (Å²) in [7, 11) is 1.70. The van der Waals surface area contributed by atoms with Crippen molar-refractivity contribution in [3.8, 4) is 0 Å². The zero-order valence-electron chi connectivity index (χ0n) is 16.5. The van der Waals surface area contributed by atoms with Crippen molar-refractivity contribution >= 4 is 6.09 Å². The molecule has 1 rings (SSSR count). The number of carbonyl (C=O) groups is 1. The summed E-state index contributed by atoms with van der Waals surface area (Å²) in [6, 6.07) is 10.4. The monoisotopic (exact) mass is 350 g/mol. The van der Waals surface area contributed by atoms with E-state index in [0.29, 0.717) is 19.1 Å². The van der Waals surface area contributed by atoms with Crippen LogP contribution in [0, 0.1) is 5.92 Å². The first-order chi connectivity index (χ1) is 11.7. The van der Waals surface area contributed by atoms with Crippen molar-refractivity contribution in [2.24, 2.45) is 5.92 Å². The number of ether oxygens (including phenoxy) is 2. The smallest absolute Gasteiger partial charge is 0.407 e. The van der Waals surface area contributed by atoms with Crippen molar-refractivity contribution in [1.29, 1.82) is 0 Å². The lowest BCUT2D eigenvalue weighted by Crippen LogP contribution is -2.45. The van der Waals surface area contributed by atoms with E-state index in [4.69, 9.17) is 9.47 Å². The molecule has 0 aliphatic rings. The van der Waals surface area contributed by atoms with Gasteiger partial charge >= 0.3 is 6.09 Å². The Bertz CT molecular complexity index is 497. The van der Waals surface area contributed by atoms with Crippen molar-refractivity contribution in [3.63, 3.8) is 0 Å². The van der Waals surface area contributed by atoms with E-state index < -0.39 is 5.60 Å². The molecule has 5 nitrogen and oxygen atoms in total. The normalized spacial score (nSPS) is 14.2. The third kappa shape index (κ3) is 9.46. The summed E-state index contributed by atoms with van der Waals surface area (Å²) in [5.41, 5.74) is 0.684. The van der Waals surface area contributed by atoms with Crippen molar-refractivity contribution in [2.45, 2.75) is 58.7 Å². The molecule has 0 aliphatic heterocycles. The number of hydrogen-bond acceptors (Lipinski definition) is 4. The Morgan fingerprint density at radius 1 is 1.16 bits per heavy atom. The van der Waals surface area contributed by atoms with Crippen LogP contribution < -0.4 is 10.6 Å². The van der Waals surface area contributed by atoms with E-state index in [-0.39, 0.29) is 18.2 Å². The summed E-state index contributed by atoms with van der Waals surface area (Å²) in [5.74, 6) is 0.511. The molecule has 0 saturated carbocycles. The molecule has 0 fully saturated rings. The quantitative estimate of drug-likeness (QED) is 0.709. The molecule has 5 heteroatoms. The van der Waals surface area contributed by atoms with E-state index >= 15 is 0 Å². The lowest BCUT2D eigenvalue weighted by molar-refractivity contribution is 0.0518. The van der Waals surface area contributed by atoms with E-state index in [1.165, 1.54) is 5.56 Å². The number of rotatable bonds is 9. The molecule has 2 N–H and O–H groups in total. The fourth-order valence-corrected chi connectivity index (χ4v) is 2.68. The second kappa shape index (κ2) is 10.4. The Labute approximate surface area is 152 Å². The van der Waals surface area contributed by atoms with Gasteiger partial charge in [-0.2, -0.15) is 0 Å². The molecule has 142 valence electrons. The van der Waals surface area contributed by atoms with E-state index in [1.807, 2.05) is 39.0 Å². The molecule has 0 heterocycles. The molecule has 1 aromatic rings. The summed E-state index contributed by atoms with van der Waals surface area (Å²) in [5, 5.41) is 6.50. The molecule has 1 aromatic carbocycles. The minimum atomic E-state index is -0.492. The average molecular weight is 351 g/mol. The van der Waals surface area contributed by atoms with Gasteiger partial charge in [0.2, 0.25) is 0 Å². The molecule has 0 aliphatic carbocycles. The van der Waals surface area contributed by atoms with Gasteiger partial charge in [-0.1, -0.05) is 44.2 Å². The largest absolute Gasteiger partial charge is 0.444 e. The van der Waals surface area contributed by atoms with Crippen molar-refractivity contribution < 1.29 is 14.3 Å². The molecule has 1 amide bonds. The van der Waals surface area contributed by atoms with Gasteiger partial charge in [-0.05, 0) is 38.7 Å². The van der Waals surface area contributed by atoms with Crippen LogP contribution in [-0.2, 0) is 9.47 Å². The third-order valence-corrected chi connectivity index (χ3v) is 3.62. The Balaban J connectivity index is 2.71. The van der Waals surface area contributed by atoms with Gasteiger partial charge in [0.15, 0.2) is 0 Å². The van der Waals surface area contributed by atoms with Crippen LogP contribution in [0.1, 0.15) is 52.6 Å². The SMILES string of the molecule is COCC(NC(CNC(=O)OC(C)(C)C)CC(C)C)c1ccccc1. The highest BCUT2D eigenvalue weighted by atomic mass is 16.6. The Kier molecular flexibility index (Phi) is 8.93. The lowest BCUT2D eigenvalue weighted by atomic mass is 10.0. The van der Waals surface area contributed by atoms with Crippen LogP contribution in [0.25, 0.3) is 0 Å². The molecule has 0 bridgehead atoms. The van der Waals surface area contributed by atoms with E-state index in [2.05, 4.69) is 36.6 Å². The van der Waals surface area contributed by atoms with Crippen LogP contribution >= 0.6 is 0 Å². The Hall–Kier alpha value is -1.59. The molecule has 0 radical (unpaired) electrons. The van der Waals surface area contributed by atoms with Crippen LogP contribution in [0.15, 0.2) is 30.3 Å². The molecule has 0 spiro atoms. The summed E-state index contributed by atoms with van der Waals surface area (Å²) in [6.45, 7) is 11.0. The predicted octanol–water partition coefficient (Wildman–Crippen LogP) is 3.90. The zero-order chi connectivity index (χ0) is 18.9. The van der Waals surface area contributed by atoms with Gasteiger partial charge in [0.1, 0.15) is 5.60 Å². The summed E-state index contributed by atoms with van der Waals surface area (Å²) in [4.78, 5) is 11.9. The summed E-state index contributed by atoms with van der Waals surface area (Å²) < 4.78 is 10.7. The minimum absolute atomic E-state index is 0.0791. The maximum atomic E-state index is 11.9. The summed E-state index contributed by atoms with van der Waals surface area (Å²) in [6.07, 6.45) is 0.564. The maximum Gasteiger partial charge on any atom is 0.407 e. The first-order valence-electron chi connectivity index (χ1n) is 8.98. The number of amides is 1. The Morgan fingerprint density at radius 3 is 2.32 bits per heavy atom. The Morgan fingerprint density at radius 2 is 1.80 bits per heavy atom. The molecule has 0 aromatic heterocycles. The number of carbonyl (C=O) groups excluding carboxylic acids is 1. The summed E-state index contributed by atoms with van der Waals surface area (Å²) >= 11 is 0. The lowest BCUT2D eigenvalue weighted by Gasteiger charge is -2.28. The molecule has 2 unspecified atom stereocenters. The van der Waals surface area contributed by atoms with Crippen LogP contribution in [0.2, 0.25) is 0 Å². The first-order valence-corrected chi connectivity index (χ1v) is 8.98. The second-order valence-corrected chi connectivity index (χ2v) is 7.79. The van der Waals surface area contributed by atoms with Gasteiger partial charge in [-0.25, -0.2) is 4.79 Å². The second-order valence-electron chi connectivity index (χ2n) is 7.79. The van der Waals surface area contributed by atoms with Gasteiger partial charge < -0.3 is 20.1 Å². The highest BCUT2D eigenvalue weighted by Gasteiger charge is 2.21. The highest BCUT2D eigenvalue weighted by molar-refractivity contribution is 5.67. The fourth-order valence-electron chi connectivity index (χ4n) is 2.68. The van der Waals surface area contributed by atoms with Crippen LogP contribution in [-0.4, -0.2) is 38.0 Å². The van der Waals surface area contributed by atoms with E-state index in [0.717, 1.165) is 6.42 Å². The van der Waals surface area contributed by atoms with Gasteiger partial charge in [-0.3, -0.25) is 0 Å². The van der Waals surface area contributed by atoms with Gasteiger partial charge in [0.25, 0.3) is 0 Å². The average Bonchev–Trinajstić information content (AvgIpc) is 2.51. The first kappa shape index (κ1) is 21.5. The predicted molar refractivity (Wildman–Crippen MR) is 102 cm³/mol. The van der Waals surface area contributed by atoms with Crippen LogP contribution in [0.5, 0.6) is 0 Å². The van der Waals surface area contributed by atoms with Crippen molar-refractivity contribution in [2.75, 3.05) is 20.3 Å². The molecular weight excluding hydrogens is 316 g/mol. The number of benzene rings is 1. The van der Waals surface area contributed by atoms with Crippen LogP contribution in [0.4, 0.5) is 4.79 Å². The van der Waals surface area contributed by atoms with Gasteiger partial charge in [0.05, 0.1) is 12.6 Å². The van der Waals surface area contributed by atoms with Gasteiger partial charge in [-0.15, -0.1) is 0 Å². The number of methoxy groups -OCH3 is 1. The number of nitrogens with one attached hydrogen (secondary N) is 2. The molecule has 2 atom stereocenters.